The van der Waals surface area contributed by atoms with Crippen LogP contribution in [0.3, 0.4) is 0 Å². The molecule has 1 aromatic heterocycles. The summed E-state index contributed by atoms with van der Waals surface area (Å²) < 4.78 is 28.7. The molecule has 0 aliphatic rings. The average Bonchev–Trinajstić information content (AvgIpc) is 2.64. The number of nitrogens with zero attached hydrogens (tertiary/aromatic N) is 2. The van der Waals surface area contributed by atoms with Gasteiger partial charge in [0.25, 0.3) is 0 Å². The summed E-state index contributed by atoms with van der Waals surface area (Å²) in [6.07, 6.45) is 0. The Morgan fingerprint density at radius 1 is 1.20 bits per heavy atom. The molecule has 1 heterocycles. The first-order chi connectivity index (χ1) is 9.42. The van der Waals surface area contributed by atoms with E-state index in [2.05, 4.69) is 23.4 Å². The van der Waals surface area contributed by atoms with Gasteiger partial charge in [-0.3, -0.25) is 0 Å². The van der Waals surface area contributed by atoms with Gasteiger partial charge in [-0.1, -0.05) is 25.6 Å². The van der Waals surface area contributed by atoms with Crippen LogP contribution in [0.5, 0.6) is 0 Å². The van der Waals surface area contributed by atoms with Crippen molar-refractivity contribution in [3.05, 3.63) is 41.4 Å². The van der Waals surface area contributed by atoms with E-state index in [-0.39, 0.29) is 5.92 Å². The molecule has 2 nitrogen and oxygen atoms in total. The van der Waals surface area contributed by atoms with Crippen molar-refractivity contribution in [1.29, 1.82) is 0 Å². The fourth-order valence-corrected chi connectivity index (χ4v) is 3.45. The Bertz CT molecular complexity index is 600. The zero-order valence-electron chi connectivity index (χ0n) is 12.1. The van der Waals surface area contributed by atoms with Crippen LogP contribution in [0.4, 0.5) is 8.78 Å². The molecule has 0 fully saturated rings. The Morgan fingerprint density at radius 2 is 1.80 bits per heavy atom. The number of benzene rings is 1. The third kappa shape index (κ3) is 3.03. The molecule has 0 aliphatic carbocycles. The van der Waals surface area contributed by atoms with Gasteiger partial charge in [-0.15, -0.1) is 0 Å². The molecule has 2 aromatic rings. The third-order valence-corrected chi connectivity index (χ3v) is 4.15. The van der Waals surface area contributed by atoms with Gasteiger partial charge in [-0.25, -0.2) is 13.8 Å². The Morgan fingerprint density at radius 3 is 2.30 bits per heavy atom. The largest absolute Gasteiger partial charge is 0.323 e. The van der Waals surface area contributed by atoms with E-state index in [1.807, 2.05) is 13.8 Å². The second-order valence-corrected chi connectivity index (χ2v) is 6.02. The highest BCUT2D eigenvalue weighted by molar-refractivity contribution is 7.99. The van der Waals surface area contributed by atoms with Crippen LogP contribution in [0.15, 0.2) is 28.1 Å². The molecule has 0 saturated heterocycles. The summed E-state index contributed by atoms with van der Waals surface area (Å²) in [6.45, 7) is 8.91. The topological polar surface area (TPSA) is 17.8 Å². The fourth-order valence-electron chi connectivity index (χ4n) is 2.12. The van der Waals surface area contributed by atoms with Crippen molar-refractivity contribution in [2.75, 3.05) is 0 Å². The highest BCUT2D eigenvalue weighted by Crippen LogP contribution is 2.35. The van der Waals surface area contributed by atoms with E-state index in [1.165, 1.54) is 23.9 Å². The molecule has 1 aromatic carbocycles. The van der Waals surface area contributed by atoms with Crippen molar-refractivity contribution < 1.29 is 8.78 Å². The Labute approximate surface area is 122 Å². The Hall–Kier alpha value is -1.36. The third-order valence-electron chi connectivity index (χ3n) is 3.05. The van der Waals surface area contributed by atoms with E-state index < -0.39 is 11.6 Å². The molecule has 0 N–H and O–H groups in total. The maximum absolute atomic E-state index is 13.3. The maximum Gasteiger partial charge on any atom is 0.127 e. The van der Waals surface area contributed by atoms with Gasteiger partial charge < -0.3 is 4.57 Å². The molecule has 0 atom stereocenters. The lowest BCUT2D eigenvalue weighted by Crippen LogP contribution is -2.00. The lowest BCUT2D eigenvalue weighted by molar-refractivity contribution is 0.577. The quantitative estimate of drug-likeness (QED) is 0.809. The normalized spacial score (nSPS) is 11.3. The smallest absolute Gasteiger partial charge is 0.127 e. The van der Waals surface area contributed by atoms with Gasteiger partial charge in [-0.05, 0) is 31.9 Å². The highest BCUT2D eigenvalue weighted by atomic mass is 32.2. The number of hydrogen-bond donors (Lipinski definition) is 0. The summed E-state index contributed by atoms with van der Waals surface area (Å²) >= 11 is 1.36. The first-order valence-electron chi connectivity index (χ1n) is 6.63. The molecule has 0 saturated carbocycles. The summed E-state index contributed by atoms with van der Waals surface area (Å²) in [6, 6.07) is 3.58. The van der Waals surface area contributed by atoms with Crippen LogP contribution in [-0.2, 0) is 6.54 Å². The lowest BCUT2D eigenvalue weighted by Gasteiger charge is -2.10. The van der Waals surface area contributed by atoms with Gasteiger partial charge >= 0.3 is 0 Å². The zero-order valence-corrected chi connectivity index (χ0v) is 12.9. The predicted molar refractivity (Wildman–Crippen MR) is 77.2 cm³/mol. The van der Waals surface area contributed by atoms with Gasteiger partial charge in [0.05, 0.1) is 5.69 Å². The van der Waals surface area contributed by atoms with Crippen molar-refractivity contribution >= 4 is 11.8 Å². The summed E-state index contributed by atoms with van der Waals surface area (Å²) in [5.74, 6) is 0.0775. The number of imidazole rings is 1. The minimum absolute atomic E-state index is 0.266. The minimum atomic E-state index is -0.558. The minimum Gasteiger partial charge on any atom is -0.323 e. The van der Waals surface area contributed by atoms with Gasteiger partial charge in [-0.2, -0.15) is 0 Å². The summed E-state index contributed by atoms with van der Waals surface area (Å²) in [5, 5.41) is 0.963. The summed E-state index contributed by atoms with van der Waals surface area (Å²) in [7, 11) is 0. The van der Waals surface area contributed by atoms with E-state index in [4.69, 9.17) is 0 Å². The van der Waals surface area contributed by atoms with Gasteiger partial charge in [0.1, 0.15) is 22.5 Å². The van der Waals surface area contributed by atoms with Gasteiger partial charge in [0.15, 0.2) is 0 Å². The Kier molecular flexibility index (Phi) is 4.48. The first kappa shape index (κ1) is 15.0. The number of rotatable bonds is 4. The predicted octanol–water partition coefficient (Wildman–Crippen LogP) is 4.76. The SMILES string of the molecule is CCn1c(C)nc(C(C)C)c1Sc1cc(F)cc(F)c1. The van der Waals surface area contributed by atoms with Crippen LogP contribution in [0.25, 0.3) is 0 Å². The van der Waals surface area contributed by atoms with Crippen LogP contribution in [0.2, 0.25) is 0 Å². The van der Waals surface area contributed by atoms with Crippen molar-refractivity contribution in [1.82, 2.24) is 9.55 Å². The van der Waals surface area contributed by atoms with E-state index in [0.717, 1.165) is 29.2 Å². The number of aryl methyl sites for hydroxylation is 1. The van der Waals surface area contributed by atoms with Crippen LogP contribution >= 0.6 is 11.8 Å². The van der Waals surface area contributed by atoms with Crippen molar-refractivity contribution in [2.24, 2.45) is 0 Å². The van der Waals surface area contributed by atoms with E-state index in [1.54, 1.807) is 0 Å². The molecule has 0 amide bonds. The molecule has 0 radical (unpaired) electrons. The highest BCUT2D eigenvalue weighted by Gasteiger charge is 2.18. The van der Waals surface area contributed by atoms with Crippen LogP contribution in [0, 0.1) is 18.6 Å². The first-order valence-corrected chi connectivity index (χ1v) is 7.45. The summed E-state index contributed by atoms with van der Waals surface area (Å²) in [4.78, 5) is 5.13. The molecule has 0 unspecified atom stereocenters. The van der Waals surface area contributed by atoms with Crippen molar-refractivity contribution in [3.63, 3.8) is 0 Å². The standard InChI is InChI=1S/C15H18F2N2S/c1-5-19-10(4)18-14(9(2)3)15(19)20-13-7-11(16)6-12(17)8-13/h6-9H,5H2,1-4H3. The van der Waals surface area contributed by atoms with Crippen LogP contribution in [-0.4, -0.2) is 9.55 Å². The molecule has 0 bridgehead atoms. The van der Waals surface area contributed by atoms with Gasteiger partial charge in [0, 0.05) is 17.5 Å². The molecule has 108 valence electrons. The second kappa shape index (κ2) is 5.95. The van der Waals surface area contributed by atoms with E-state index >= 15 is 0 Å². The number of hydrogen-bond acceptors (Lipinski definition) is 2. The second-order valence-electron chi connectivity index (χ2n) is 4.96. The van der Waals surface area contributed by atoms with Crippen molar-refractivity contribution in [3.8, 4) is 0 Å². The molecule has 0 spiro atoms. The Balaban J connectivity index is 2.46. The monoisotopic (exact) mass is 296 g/mol. The summed E-state index contributed by atoms with van der Waals surface area (Å²) in [5.41, 5.74) is 0.971. The number of aromatic nitrogens is 2. The van der Waals surface area contributed by atoms with Crippen LogP contribution < -0.4 is 0 Å². The van der Waals surface area contributed by atoms with Gasteiger partial charge in [0.2, 0.25) is 0 Å². The molecule has 2 rings (SSSR count). The molecular formula is C15H18F2N2S. The fraction of sp³-hybridized carbons (Fsp3) is 0.400. The maximum atomic E-state index is 13.3. The molecule has 0 aliphatic heterocycles. The molecule has 5 heteroatoms. The lowest BCUT2D eigenvalue weighted by atomic mass is 10.1. The van der Waals surface area contributed by atoms with Crippen molar-refractivity contribution in [2.45, 2.75) is 50.1 Å². The van der Waals surface area contributed by atoms with E-state index in [0.29, 0.717) is 4.90 Å². The van der Waals surface area contributed by atoms with Crippen LogP contribution in [0.1, 0.15) is 38.2 Å². The van der Waals surface area contributed by atoms with E-state index in [9.17, 15) is 8.78 Å². The average molecular weight is 296 g/mol. The zero-order chi connectivity index (χ0) is 14.9. The number of halogens is 2. The molecular weight excluding hydrogens is 278 g/mol. The molecule has 20 heavy (non-hydrogen) atoms.